The Morgan fingerprint density at radius 3 is 2.56 bits per heavy atom. The van der Waals surface area contributed by atoms with Gasteiger partial charge in [-0.1, -0.05) is 42.1 Å². The van der Waals surface area contributed by atoms with Crippen LogP contribution in [0.3, 0.4) is 0 Å². The molecule has 1 aromatic carbocycles. The molecule has 0 N–H and O–H groups in total. The first kappa shape index (κ1) is 11.5. The maximum atomic E-state index is 3.88. The Kier molecular flexibility index (Phi) is 4.29. The average Bonchev–Trinajstić information content (AvgIpc) is 2.78. The monoisotopic (exact) mass is 230 g/mol. The molecule has 2 rings (SSSR count). The second-order valence-corrected chi connectivity index (χ2v) is 5.31. The number of allylic oxidation sites excluding steroid dienone is 2. The van der Waals surface area contributed by atoms with Gasteiger partial charge in [0.15, 0.2) is 0 Å². The van der Waals surface area contributed by atoms with Gasteiger partial charge in [0.05, 0.1) is 0 Å². The molecule has 16 heavy (non-hydrogen) atoms. The first-order chi connectivity index (χ1) is 7.88. The second kappa shape index (κ2) is 5.95. The van der Waals surface area contributed by atoms with Crippen molar-refractivity contribution >= 4 is 11.8 Å². The minimum Gasteiger partial charge on any atom is -0.103 e. The summed E-state index contributed by atoms with van der Waals surface area (Å²) in [5, 5.41) is 2.24. The predicted molar refractivity (Wildman–Crippen MR) is 72.5 cm³/mol. The van der Waals surface area contributed by atoms with Gasteiger partial charge in [0.25, 0.3) is 0 Å². The average molecular weight is 230 g/mol. The predicted octanol–water partition coefficient (Wildman–Crippen LogP) is 4.89. The fraction of sp³-hybridized carbons (Fsp3) is 0.333. The summed E-state index contributed by atoms with van der Waals surface area (Å²) in [4.78, 5) is 1.32. The van der Waals surface area contributed by atoms with Crippen LogP contribution in [-0.2, 0) is 0 Å². The first-order valence-electron chi connectivity index (χ1n) is 5.89. The molecular formula is C15H18S. The SMILES string of the molecule is C=CC1CCC(/C=C/Sc2ccccc2)C1. The minimum atomic E-state index is 0.747. The molecule has 0 heterocycles. The van der Waals surface area contributed by atoms with Crippen molar-refractivity contribution in [2.75, 3.05) is 0 Å². The van der Waals surface area contributed by atoms with E-state index in [-0.39, 0.29) is 0 Å². The summed E-state index contributed by atoms with van der Waals surface area (Å²) in [5.41, 5.74) is 0. The largest absolute Gasteiger partial charge is 0.103 e. The topological polar surface area (TPSA) is 0 Å². The minimum absolute atomic E-state index is 0.747. The van der Waals surface area contributed by atoms with E-state index in [9.17, 15) is 0 Å². The summed E-state index contributed by atoms with van der Waals surface area (Å²) >= 11 is 1.81. The lowest BCUT2D eigenvalue weighted by Crippen LogP contribution is -1.89. The lowest BCUT2D eigenvalue weighted by Gasteiger charge is -2.02. The van der Waals surface area contributed by atoms with Crippen LogP contribution in [0.1, 0.15) is 19.3 Å². The van der Waals surface area contributed by atoms with E-state index in [2.05, 4.69) is 54.5 Å². The van der Waals surface area contributed by atoms with Crippen LogP contribution in [0.5, 0.6) is 0 Å². The lowest BCUT2D eigenvalue weighted by atomic mass is 10.1. The summed E-state index contributed by atoms with van der Waals surface area (Å²) in [6.07, 6.45) is 8.39. The van der Waals surface area contributed by atoms with E-state index < -0.39 is 0 Å². The molecule has 0 amide bonds. The molecule has 1 aromatic rings. The van der Waals surface area contributed by atoms with E-state index >= 15 is 0 Å². The van der Waals surface area contributed by atoms with Crippen molar-refractivity contribution in [1.82, 2.24) is 0 Å². The summed E-state index contributed by atoms with van der Waals surface area (Å²) in [6.45, 7) is 3.88. The number of rotatable bonds is 4. The Morgan fingerprint density at radius 1 is 1.12 bits per heavy atom. The fourth-order valence-electron chi connectivity index (χ4n) is 2.17. The number of benzene rings is 1. The first-order valence-corrected chi connectivity index (χ1v) is 6.77. The van der Waals surface area contributed by atoms with Gasteiger partial charge in [-0.05, 0) is 48.6 Å². The van der Waals surface area contributed by atoms with Gasteiger partial charge in [0, 0.05) is 4.90 Å². The summed E-state index contributed by atoms with van der Waals surface area (Å²) in [6, 6.07) is 10.5. The van der Waals surface area contributed by atoms with Crippen molar-refractivity contribution in [3.05, 3.63) is 54.5 Å². The van der Waals surface area contributed by atoms with E-state index in [0.717, 1.165) is 11.8 Å². The third-order valence-corrected chi connectivity index (χ3v) is 3.98. The van der Waals surface area contributed by atoms with Gasteiger partial charge < -0.3 is 0 Å². The van der Waals surface area contributed by atoms with Crippen molar-refractivity contribution in [2.24, 2.45) is 11.8 Å². The standard InChI is InChI=1S/C15H18S/c1-2-13-8-9-14(12-13)10-11-16-15-6-4-3-5-7-15/h2-7,10-11,13-14H,1,8-9,12H2/b11-10+. The van der Waals surface area contributed by atoms with Crippen LogP contribution in [0, 0.1) is 11.8 Å². The van der Waals surface area contributed by atoms with E-state index in [1.165, 1.54) is 24.2 Å². The third kappa shape index (κ3) is 3.28. The Bertz CT molecular complexity index is 353. The maximum Gasteiger partial charge on any atom is 0.0116 e. The van der Waals surface area contributed by atoms with Crippen molar-refractivity contribution in [3.8, 4) is 0 Å². The molecule has 0 saturated heterocycles. The zero-order valence-corrected chi connectivity index (χ0v) is 10.3. The molecule has 0 aromatic heterocycles. The third-order valence-electron chi connectivity index (χ3n) is 3.15. The van der Waals surface area contributed by atoms with Crippen molar-refractivity contribution in [1.29, 1.82) is 0 Å². The molecule has 0 radical (unpaired) electrons. The van der Waals surface area contributed by atoms with Crippen LogP contribution in [0.15, 0.2) is 59.4 Å². The Balaban J connectivity index is 1.80. The van der Waals surface area contributed by atoms with Crippen LogP contribution in [0.25, 0.3) is 0 Å². The smallest absolute Gasteiger partial charge is 0.0116 e. The lowest BCUT2D eigenvalue weighted by molar-refractivity contribution is 0.640. The van der Waals surface area contributed by atoms with E-state index in [1.54, 1.807) is 0 Å². The van der Waals surface area contributed by atoms with Crippen molar-refractivity contribution in [3.63, 3.8) is 0 Å². The van der Waals surface area contributed by atoms with Gasteiger partial charge in [-0.2, -0.15) is 0 Å². The van der Waals surface area contributed by atoms with Gasteiger partial charge in [-0.3, -0.25) is 0 Å². The molecule has 0 aliphatic heterocycles. The molecule has 1 aliphatic rings. The molecule has 0 spiro atoms. The Morgan fingerprint density at radius 2 is 1.88 bits per heavy atom. The molecule has 0 nitrogen and oxygen atoms in total. The fourth-order valence-corrected chi connectivity index (χ4v) is 2.94. The summed E-state index contributed by atoms with van der Waals surface area (Å²) in [5.74, 6) is 1.51. The second-order valence-electron chi connectivity index (χ2n) is 4.33. The van der Waals surface area contributed by atoms with Crippen LogP contribution in [0.4, 0.5) is 0 Å². The van der Waals surface area contributed by atoms with Gasteiger partial charge in [-0.25, -0.2) is 0 Å². The molecule has 1 saturated carbocycles. The van der Waals surface area contributed by atoms with Crippen molar-refractivity contribution < 1.29 is 0 Å². The highest BCUT2D eigenvalue weighted by molar-refractivity contribution is 8.02. The van der Waals surface area contributed by atoms with E-state index in [4.69, 9.17) is 0 Å². The summed E-state index contributed by atoms with van der Waals surface area (Å²) < 4.78 is 0. The van der Waals surface area contributed by atoms with Crippen molar-refractivity contribution in [2.45, 2.75) is 24.2 Å². The van der Waals surface area contributed by atoms with E-state index in [1.807, 2.05) is 11.8 Å². The Hall–Kier alpha value is -0.950. The highest BCUT2D eigenvalue weighted by Gasteiger charge is 2.19. The molecule has 2 atom stereocenters. The normalized spacial score (nSPS) is 25.0. The maximum absolute atomic E-state index is 3.88. The van der Waals surface area contributed by atoms with Crippen LogP contribution >= 0.6 is 11.8 Å². The number of thioether (sulfide) groups is 1. The van der Waals surface area contributed by atoms with Crippen LogP contribution < -0.4 is 0 Å². The van der Waals surface area contributed by atoms with E-state index in [0.29, 0.717) is 0 Å². The van der Waals surface area contributed by atoms with Crippen LogP contribution in [0.2, 0.25) is 0 Å². The van der Waals surface area contributed by atoms with Gasteiger partial charge in [0.2, 0.25) is 0 Å². The van der Waals surface area contributed by atoms with Crippen LogP contribution in [-0.4, -0.2) is 0 Å². The summed E-state index contributed by atoms with van der Waals surface area (Å²) in [7, 11) is 0. The van der Waals surface area contributed by atoms with Gasteiger partial charge in [0.1, 0.15) is 0 Å². The molecule has 1 fully saturated rings. The number of hydrogen-bond acceptors (Lipinski definition) is 1. The van der Waals surface area contributed by atoms with Gasteiger partial charge >= 0.3 is 0 Å². The molecule has 1 heteroatoms. The highest BCUT2D eigenvalue weighted by atomic mass is 32.2. The van der Waals surface area contributed by atoms with Gasteiger partial charge in [-0.15, -0.1) is 6.58 Å². The highest BCUT2D eigenvalue weighted by Crippen LogP contribution is 2.33. The molecule has 84 valence electrons. The molecule has 1 aliphatic carbocycles. The molecule has 0 bridgehead atoms. The zero-order valence-electron chi connectivity index (χ0n) is 9.51. The number of hydrogen-bond donors (Lipinski definition) is 0. The Labute approximate surface area is 102 Å². The molecule has 2 unspecified atom stereocenters. The quantitative estimate of drug-likeness (QED) is 0.524. The molecular weight excluding hydrogens is 212 g/mol. The zero-order chi connectivity index (χ0) is 11.2.